The highest BCUT2D eigenvalue weighted by molar-refractivity contribution is 5.76. The second-order valence-electron chi connectivity index (χ2n) is 13.3. The number of carbonyl (C=O) groups excluding carboxylic acids is 1. The summed E-state index contributed by atoms with van der Waals surface area (Å²) >= 11 is 0. The van der Waals surface area contributed by atoms with Gasteiger partial charge in [0.15, 0.2) is 0 Å². The summed E-state index contributed by atoms with van der Waals surface area (Å²) in [5, 5.41) is 13.6. The number of nitrogens with one attached hydrogen (secondary N) is 1. The topological polar surface area (TPSA) is 82.0 Å². The lowest BCUT2D eigenvalue weighted by Crippen LogP contribution is -2.42. The molecule has 2 heterocycles. The van der Waals surface area contributed by atoms with Gasteiger partial charge in [0.25, 0.3) is 0 Å². The van der Waals surface area contributed by atoms with E-state index >= 15 is 0 Å². The van der Waals surface area contributed by atoms with Crippen molar-refractivity contribution in [1.82, 2.24) is 20.0 Å². The highest BCUT2D eigenvalue weighted by Crippen LogP contribution is 2.33. The average Bonchev–Trinajstić information content (AvgIpc) is 3.48. The van der Waals surface area contributed by atoms with Crippen LogP contribution in [-0.4, -0.2) is 90.1 Å². The third-order valence-electron chi connectivity index (χ3n) is 8.54. The Morgan fingerprint density at radius 2 is 1.75 bits per heavy atom. The first-order valence-electron chi connectivity index (χ1n) is 16.0. The Balaban J connectivity index is 1.81. The van der Waals surface area contributed by atoms with E-state index in [1.165, 1.54) is 23.4 Å². The molecular formula is C33H54F3N5O3. The largest absolute Gasteiger partial charge is 0.392 e. The zero-order chi connectivity index (χ0) is 33.1. The van der Waals surface area contributed by atoms with E-state index in [1.807, 2.05) is 6.92 Å². The number of rotatable bonds is 16. The minimum Gasteiger partial charge on any atom is -0.381 e. The van der Waals surface area contributed by atoms with Crippen molar-refractivity contribution in [3.63, 3.8) is 0 Å². The van der Waals surface area contributed by atoms with Crippen LogP contribution in [0.1, 0.15) is 74.1 Å². The van der Waals surface area contributed by atoms with Crippen LogP contribution in [0.2, 0.25) is 0 Å². The maximum absolute atomic E-state index is 13.0. The molecular weight excluding hydrogens is 571 g/mol. The minimum atomic E-state index is -4.38. The molecule has 0 bridgehead atoms. The Bertz CT molecular complexity index is 1060. The molecule has 0 aliphatic carbocycles. The molecule has 0 radical (unpaired) electrons. The first kappa shape index (κ1) is 37.4. The summed E-state index contributed by atoms with van der Waals surface area (Å²) in [7, 11) is 0. The highest BCUT2D eigenvalue weighted by Gasteiger charge is 2.39. The lowest BCUT2D eigenvalue weighted by molar-refractivity contribution is -0.468. The molecule has 2 unspecified atom stereocenters. The molecule has 8 nitrogen and oxygen atoms in total. The summed E-state index contributed by atoms with van der Waals surface area (Å²) in [4.78, 5) is 29.7. The third kappa shape index (κ3) is 13.0. The van der Waals surface area contributed by atoms with Gasteiger partial charge in [0.05, 0.1) is 6.42 Å². The van der Waals surface area contributed by atoms with E-state index in [9.17, 15) is 28.1 Å². The van der Waals surface area contributed by atoms with Crippen LogP contribution in [0.4, 0.5) is 13.2 Å². The fourth-order valence-corrected chi connectivity index (χ4v) is 6.13. The van der Waals surface area contributed by atoms with Crippen molar-refractivity contribution in [1.29, 1.82) is 0 Å². The molecule has 0 saturated carbocycles. The van der Waals surface area contributed by atoms with Crippen molar-refractivity contribution in [3.8, 4) is 0 Å². The molecule has 1 N–H and O–H groups in total. The quantitative estimate of drug-likeness (QED) is 0.121. The SMILES string of the molecule is CC/C(=C\C=C(/C)N1CC2CN(CCCC(=O)N(CC)C[C@@H](C)NC(/C=C\C[N+](=O)[O-])=C/CC(F)(F)F)CC2C1)C(C)(C)C. The Labute approximate surface area is 262 Å². The van der Waals surface area contributed by atoms with Gasteiger partial charge in [-0.05, 0) is 75.6 Å². The van der Waals surface area contributed by atoms with Gasteiger partial charge < -0.3 is 20.0 Å². The van der Waals surface area contributed by atoms with Crippen molar-refractivity contribution in [2.45, 2.75) is 86.4 Å². The van der Waals surface area contributed by atoms with Gasteiger partial charge in [0, 0.05) is 68.0 Å². The lowest BCUT2D eigenvalue weighted by Gasteiger charge is -2.27. The number of fused-ring (bicyclic) bond motifs is 1. The van der Waals surface area contributed by atoms with Crippen LogP contribution in [0.25, 0.3) is 0 Å². The Hall–Kier alpha value is -2.82. The summed E-state index contributed by atoms with van der Waals surface area (Å²) < 4.78 is 38.2. The summed E-state index contributed by atoms with van der Waals surface area (Å²) in [5.74, 6) is 1.31. The normalized spacial score (nSPS) is 21.2. The number of nitrogens with zero attached hydrogens (tertiary/aromatic N) is 4. The maximum Gasteiger partial charge on any atom is 0.392 e. The highest BCUT2D eigenvalue weighted by atomic mass is 19.4. The van der Waals surface area contributed by atoms with Crippen LogP contribution >= 0.6 is 0 Å². The Kier molecular flexibility index (Phi) is 14.5. The van der Waals surface area contributed by atoms with Crippen LogP contribution in [0.15, 0.2) is 47.3 Å². The Morgan fingerprint density at radius 3 is 2.27 bits per heavy atom. The molecule has 2 saturated heterocycles. The van der Waals surface area contributed by atoms with E-state index in [2.05, 4.69) is 61.9 Å². The number of hydrogen-bond donors (Lipinski definition) is 1. The smallest absolute Gasteiger partial charge is 0.381 e. The first-order valence-corrected chi connectivity index (χ1v) is 16.0. The minimum absolute atomic E-state index is 0.0203. The molecule has 44 heavy (non-hydrogen) atoms. The molecule has 0 spiro atoms. The second kappa shape index (κ2) is 17.0. The van der Waals surface area contributed by atoms with Gasteiger partial charge in [-0.3, -0.25) is 14.9 Å². The number of halogens is 3. The van der Waals surface area contributed by atoms with E-state index in [4.69, 9.17) is 0 Å². The maximum atomic E-state index is 13.0. The standard InChI is InChI=1S/C33H54F3N5O3/c1-8-29(32(5,6)7)15-14-26(4)40-23-27-21-38(22-28(27)24-40)18-11-13-31(42)39(9-2)20-25(3)37-30(12-10-19-41(43)44)16-17-33(34,35)36/h10,12,14-16,25,27-28,37H,8-9,11,13,17-24H2,1-7H3/b12-10-,26-14+,29-15+,30-16+/t25-,27?,28?/m1/s1. The van der Waals surface area contributed by atoms with Gasteiger partial charge in [0.1, 0.15) is 0 Å². The van der Waals surface area contributed by atoms with Crippen molar-refractivity contribution < 1.29 is 22.9 Å². The fourth-order valence-electron chi connectivity index (χ4n) is 6.13. The summed E-state index contributed by atoms with van der Waals surface area (Å²) in [6.45, 7) is 20.3. The molecule has 3 atom stereocenters. The van der Waals surface area contributed by atoms with Crippen molar-refractivity contribution in [2.75, 3.05) is 52.4 Å². The molecule has 250 valence electrons. The van der Waals surface area contributed by atoms with E-state index in [0.29, 0.717) is 31.3 Å². The number of allylic oxidation sites excluding steroid dienone is 6. The van der Waals surface area contributed by atoms with Gasteiger partial charge in [-0.15, -0.1) is 0 Å². The number of hydrogen-bond acceptors (Lipinski definition) is 6. The zero-order valence-electron chi connectivity index (χ0n) is 27.8. The second-order valence-corrected chi connectivity index (χ2v) is 13.3. The number of carbonyl (C=O) groups is 1. The number of nitro groups is 1. The van der Waals surface area contributed by atoms with Crippen LogP contribution < -0.4 is 5.32 Å². The third-order valence-corrected chi connectivity index (χ3v) is 8.54. The van der Waals surface area contributed by atoms with Gasteiger partial charge in [-0.1, -0.05) is 45.4 Å². The van der Waals surface area contributed by atoms with Gasteiger partial charge in [-0.25, -0.2) is 0 Å². The number of amides is 1. The summed E-state index contributed by atoms with van der Waals surface area (Å²) in [5.41, 5.74) is 3.11. The molecule has 2 aliphatic rings. The van der Waals surface area contributed by atoms with Crippen molar-refractivity contribution >= 4 is 5.91 Å². The zero-order valence-corrected chi connectivity index (χ0v) is 27.8. The Morgan fingerprint density at radius 1 is 1.11 bits per heavy atom. The average molecular weight is 626 g/mol. The van der Waals surface area contributed by atoms with E-state index < -0.39 is 24.1 Å². The van der Waals surface area contributed by atoms with Crippen LogP contribution in [-0.2, 0) is 4.79 Å². The van der Waals surface area contributed by atoms with Gasteiger partial charge in [0.2, 0.25) is 12.5 Å². The fraction of sp³-hybridized carbons (Fsp3) is 0.727. The van der Waals surface area contributed by atoms with Crippen LogP contribution in [0.5, 0.6) is 0 Å². The number of alkyl halides is 3. The molecule has 11 heteroatoms. The molecule has 2 fully saturated rings. The molecule has 0 aromatic carbocycles. The molecule has 1 amide bonds. The number of likely N-dealkylation sites (N-methyl/N-ethyl adjacent to an activating group) is 1. The van der Waals surface area contributed by atoms with Crippen molar-refractivity contribution in [3.05, 3.63) is 57.5 Å². The van der Waals surface area contributed by atoms with E-state index in [-0.39, 0.29) is 23.1 Å². The van der Waals surface area contributed by atoms with Gasteiger partial charge >= 0.3 is 6.18 Å². The predicted molar refractivity (Wildman–Crippen MR) is 170 cm³/mol. The summed E-state index contributed by atoms with van der Waals surface area (Å²) in [6, 6.07) is -0.338. The van der Waals surface area contributed by atoms with Crippen LogP contribution in [0.3, 0.4) is 0 Å². The monoisotopic (exact) mass is 625 g/mol. The van der Waals surface area contributed by atoms with E-state index in [0.717, 1.165) is 51.6 Å². The first-order chi connectivity index (χ1) is 20.5. The number of likely N-dealkylation sites (tertiary alicyclic amines) is 2. The lowest BCUT2D eigenvalue weighted by atomic mass is 9.84. The molecule has 2 aliphatic heterocycles. The predicted octanol–water partition coefficient (Wildman–Crippen LogP) is 6.41. The molecule has 0 aromatic rings. The molecule has 0 aromatic heterocycles. The van der Waals surface area contributed by atoms with E-state index in [1.54, 1.807) is 11.8 Å². The molecule has 2 rings (SSSR count). The van der Waals surface area contributed by atoms with Crippen LogP contribution in [0, 0.1) is 27.4 Å². The van der Waals surface area contributed by atoms with Crippen molar-refractivity contribution in [2.24, 2.45) is 17.3 Å². The summed E-state index contributed by atoms with van der Waals surface area (Å²) in [6.07, 6.45) is 4.73. The van der Waals surface area contributed by atoms with Gasteiger partial charge in [-0.2, -0.15) is 13.2 Å².